The molecule has 1 atom stereocenters. The highest BCUT2D eigenvalue weighted by Gasteiger charge is 2.16. The molecule has 0 spiro atoms. The van der Waals surface area contributed by atoms with Gasteiger partial charge in [0.1, 0.15) is 11.6 Å². The van der Waals surface area contributed by atoms with Crippen molar-refractivity contribution in [3.05, 3.63) is 42.4 Å². The summed E-state index contributed by atoms with van der Waals surface area (Å²) in [5.74, 6) is 2.05. The number of aryl methyl sites for hydroxylation is 1. The van der Waals surface area contributed by atoms with E-state index in [1.807, 2.05) is 24.5 Å². The van der Waals surface area contributed by atoms with Crippen molar-refractivity contribution >= 4 is 0 Å². The molecule has 0 amide bonds. The number of hydrogen-bond acceptors (Lipinski definition) is 4. The monoisotopic (exact) mass is 262 g/mol. The number of furan rings is 1. The van der Waals surface area contributed by atoms with Crippen LogP contribution in [0.2, 0.25) is 0 Å². The molecule has 2 aromatic heterocycles. The van der Waals surface area contributed by atoms with Gasteiger partial charge in [-0.1, -0.05) is 0 Å². The Balaban J connectivity index is 1.90. The van der Waals surface area contributed by atoms with Crippen LogP contribution in [0, 0.1) is 0 Å². The van der Waals surface area contributed by atoms with E-state index in [4.69, 9.17) is 4.42 Å². The van der Waals surface area contributed by atoms with Crippen molar-refractivity contribution in [3.63, 3.8) is 0 Å². The predicted molar refractivity (Wildman–Crippen MR) is 74.7 cm³/mol. The fraction of sp³-hybridized carbons (Fsp3) is 0.500. The summed E-state index contributed by atoms with van der Waals surface area (Å²) in [6, 6.07) is 4.18. The molecule has 0 radical (unpaired) electrons. The first kappa shape index (κ1) is 13.8. The first-order valence-electron chi connectivity index (χ1n) is 6.63. The Morgan fingerprint density at radius 2 is 2.32 bits per heavy atom. The second-order valence-corrected chi connectivity index (χ2v) is 4.76. The maximum Gasteiger partial charge on any atom is 0.122 e. The molecule has 2 heterocycles. The summed E-state index contributed by atoms with van der Waals surface area (Å²) in [5, 5.41) is 3.45. The van der Waals surface area contributed by atoms with E-state index in [1.54, 1.807) is 6.26 Å². The highest BCUT2D eigenvalue weighted by molar-refractivity contribution is 5.05. The van der Waals surface area contributed by atoms with Gasteiger partial charge in [-0.2, -0.15) is 0 Å². The van der Waals surface area contributed by atoms with Crippen molar-refractivity contribution < 1.29 is 4.42 Å². The molecule has 0 saturated carbocycles. The molecule has 2 rings (SSSR count). The average molecular weight is 262 g/mol. The summed E-state index contributed by atoms with van der Waals surface area (Å²) < 4.78 is 7.63. The lowest BCUT2D eigenvalue weighted by Gasteiger charge is -2.22. The molecule has 2 aromatic rings. The molecule has 0 bridgehead atoms. The lowest BCUT2D eigenvalue weighted by Crippen LogP contribution is -2.31. The normalized spacial score (nSPS) is 13.1. The minimum Gasteiger partial charge on any atom is -0.468 e. The summed E-state index contributed by atoms with van der Waals surface area (Å²) in [4.78, 5) is 6.51. The van der Waals surface area contributed by atoms with Crippen molar-refractivity contribution in [1.82, 2.24) is 19.8 Å². The summed E-state index contributed by atoms with van der Waals surface area (Å²) in [5.41, 5.74) is 0. The van der Waals surface area contributed by atoms with Gasteiger partial charge < -0.3 is 14.3 Å². The molecular formula is C14H22N4O. The highest BCUT2D eigenvalue weighted by atomic mass is 16.3. The van der Waals surface area contributed by atoms with Gasteiger partial charge in [-0.3, -0.25) is 4.90 Å². The molecule has 0 aromatic carbocycles. The van der Waals surface area contributed by atoms with Gasteiger partial charge in [-0.05, 0) is 33.2 Å². The van der Waals surface area contributed by atoms with Crippen molar-refractivity contribution in [3.8, 4) is 0 Å². The Kier molecular flexibility index (Phi) is 4.76. The number of imidazole rings is 1. The first-order valence-corrected chi connectivity index (χ1v) is 6.63. The van der Waals surface area contributed by atoms with Crippen LogP contribution in [0.3, 0.4) is 0 Å². The molecule has 0 saturated heterocycles. The fourth-order valence-corrected chi connectivity index (χ4v) is 2.13. The second kappa shape index (κ2) is 6.54. The first-order chi connectivity index (χ1) is 9.22. The Bertz CT molecular complexity index is 475. The minimum atomic E-state index is 0.236. The van der Waals surface area contributed by atoms with Crippen molar-refractivity contribution in [2.45, 2.75) is 26.1 Å². The molecular weight excluding hydrogens is 240 g/mol. The third kappa shape index (κ3) is 3.45. The predicted octanol–water partition coefficient (Wildman–Crippen LogP) is 1.89. The average Bonchev–Trinajstić information content (AvgIpc) is 3.05. The number of nitrogens with one attached hydrogen (secondary N) is 1. The molecule has 0 aliphatic rings. The maximum atomic E-state index is 5.49. The summed E-state index contributed by atoms with van der Waals surface area (Å²) in [6.45, 7) is 4.67. The van der Waals surface area contributed by atoms with Gasteiger partial charge in [0.15, 0.2) is 0 Å². The molecule has 0 aliphatic carbocycles. The van der Waals surface area contributed by atoms with E-state index in [9.17, 15) is 0 Å². The number of rotatable bonds is 7. The van der Waals surface area contributed by atoms with E-state index < -0.39 is 0 Å². The van der Waals surface area contributed by atoms with E-state index >= 15 is 0 Å². The quantitative estimate of drug-likeness (QED) is 0.827. The fourth-order valence-electron chi connectivity index (χ4n) is 2.13. The van der Waals surface area contributed by atoms with Crippen LogP contribution < -0.4 is 5.32 Å². The Hall–Kier alpha value is -1.59. The zero-order chi connectivity index (χ0) is 13.7. The topological polar surface area (TPSA) is 46.2 Å². The van der Waals surface area contributed by atoms with Crippen LogP contribution in [-0.2, 0) is 13.1 Å². The van der Waals surface area contributed by atoms with Crippen LogP contribution >= 0.6 is 0 Å². The summed E-state index contributed by atoms with van der Waals surface area (Å²) >= 11 is 0. The lowest BCUT2D eigenvalue weighted by molar-refractivity contribution is 0.249. The van der Waals surface area contributed by atoms with Crippen molar-refractivity contribution in [2.75, 3.05) is 20.6 Å². The van der Waals surface area contributed by atoms with Crippen LogP contribution in [0.4, 0.5) is 0 Å². The standard InChI is InChI=1S/C14H22N4O/c1-4-18-8-7-16-14(18)11-15-10-12(17(2)3)13-6-5-9-19-13/h5-9,12,15H,4,10-11H2,1-3H3. The maximum absolute atomic E-state index is 5.49. The van der Waals surface area contributed by atoms with Gasteiger partial charge in [0.05, 0.1) is 18.8 Å². The molecule has 0 fully saturated rings. The number of likely N-dealkylation sites (N-methyl/N-ethyl adjacent to an activating group) is 1. The minimum absolute atomic E-state index is 0.236. The van der Waals surface area contributed by atoms with Gasteiger partial charge in [-0.15, -0.1) is 0 Å². The second-order valence-electron chi connectivity index (χ2n) is 4.76. The Labute approximate surface area is 114 Å². The molecule has 5 nitrogen and oxygen atoms in total. The van der Waals surface area contributed by atoms with Gasteiger partial charge in [0.25, 0.3) is 0 Å². The largest absolute Gasteiger partial charge is 0.468 e. The zero-order valence-corrected chi connectivity index (χ0v) is 11.8. The van der Waals surface area contributed by atoms with Gasteiger partial charge in [-0.25, -0.2) is 4.98 Å². The number of aromatic nitrogens is 2. The van der Waals surface area contributed by atoms with E-state index in [2.05, 4.69) is 40.8 Å². The van der Waals surface area contributed by atoms with Crippen LogP contribution in [0.15, 0.2) is 35.2 Å². The number of hydrogen-bond donors (Lipinski definition) is 1. The van der Waals surface area contributed by atoms with Crippen LogP contribution in [0.1, 0.15) is 24.6 Å². The van der Waals surface area contributed by atoms with E-state index in [-0.39, 0.29) is 6.04 Å². The smallest absolute Gasteiger partial charge is 0.122 e. The highest BCUT2D eigenvalue weighted by Crippen LogP contribution is 2.17. The van der Waals surface area contributed by atoms with Crippen LogP contribution in [-0.4, -0.2) is 35.1 Å². The van der Waals surface area contributed by atoms with E-state index in [1.165, 1.54) is 0 Å². The van der Waals surface area contributed by atoms with E-state index in [0.29, 0.717) is 0 Å². The van der Waals surface area contributed by atoms with Crippen LogP contribution in [0.5, 0.6) is 0 Å². The Morgan fingerprint density at radius 3 is 2.95 bits per heavy atom. The molecule has 1 unspecified atom stereocenters. The molecule has 0 aliphatic heterocycles. The van der Waals surface area contributed by atoms with Gasteiger partial charge in [0, 0.05) is 25.5 Å². The molecule has 19 heavy (non-hydrogen) atoms. The lowest BCUT2D eigenvalue weighted by atomic mass is 10.2. The van der Waals surface area contributed by atoms with Crippen molar-refractivity contribution in [2.24, 2.45) is 0 Å². The molecule has 5 heteroatoms. The third-order valence-electron chi connectivity index (χ3n) is 3.26. The Morgan fingerprint density at radius 1 is 1.47 bits per heavy atom. The van der Waals surface area contributed by atoms with Crippen molar-refractivity contribution in [1.29, 1.82) is 0 Å². The van der Waals surface area contributed by atoms with E-state index in [0.717, 1.165) is 31.2 Å². The number of nitrogens with zero attached hydrogens (tertiary/aromatic N) is 3. The zero-order valence-electron chi connectivity index (χ0n) is 11.8. The molecule has 1 N–H and O–H groups in total. The SMILES string of the molecule is CCn1ccnc1CNCC(c1ccco1)N(C)C. The van der Waals surface area contributed by atoms with Crippen LogP contribution in [0.25, 0.3) is 0 Å². The van der Waals surface area contributed by atoms with Gasteiger partial charge in [0.2, 0.25) is 0 Å². The van der Waals surface area contributed by atoms with Gasteiger partial charge >= 0.3 is 0 Å². The third-order valence-corrected chi connectivity index (χ3v) is 3.26. The molecule has 104 valence electrons. The summed E-state index contributed by atoms with van der Waals surface area (Å²) in [7, 11) is 4.11. The summed E-state index contributed by atoms with van der Waals surface area (Å²) in [6.07, 6.45) is 5.57.